The van der Waals surface area contributed by atoms with Crippen LogP contribution in [-0.2, 0) is 5.54 Å². The minimum Gasteiger partial charge on any atom is -0.345 e. The molecule has 2 aromatic rings. The van der Waals surface area contributed by atoms with Crippen LogP contribution in [0.1, 0.15) is 23.3 Å². The zero-order valence-corrected chi connectivity index (χ0v) is 13.2. The summed E-state index contributed by atoms with van der Waals surface area (Å²) in [6, 6.07) is 14.7. The summed E-state index contributed by atoms with van der Waals surface area (Å²) in [5.74, 6) is 1.59. The van der Waals surface area contributed by atoms with Gasteiger partial charge in [0.2, 0.25) is 0 Å². The zero-order chi connectivity index (χ0) is 15.2. The lowest BCUT2D eigenvalue weighted by molar-refractivity contribution is 0.353. The van der Waals surface area contributed by atoms with Crippen molar-refractivity contribution in [1.82, 2.24) is 10.2 Å². The highest BCUT2D eigenvalue weighted by molar-refractivity contribution is 7.10. The third-order valence-electron chi connectivity index (χ3n) is 4.52. The number of thiophene rings is 1. The van der Waals surface area contributed by atoms with Crippen LogP contribution in [0, 0.1) is 5.41 Å². The van der Waals surface area contributed by atoms with E-state index >= 15 is 0 Å². The molecule has 112 valence electrons. The maximum absolute atomic E-state index is 8.37. The van der Waals surface area contributed by atoms with Crippen molar-refractivity contribution in [2.75, 3.05) is 13.1 Å². The van der Waals surface area contributed by atoms with E-state index in [0.29, 0.717) is 5.96 Å². The van der Waals surface area contributed by atoms with Crippen molar-refractivity contribution in [2.24, 2.45) is 4.99 Å². The molecular weight excluding hydrogens is 292 g/mol. The Balaban J connectivity index is 1.90. The predicted molar refractivity (Wildman–Crippen MR) is 90.7 cm³/mol. The van der Waals surface area contributed by atoms with Crippen LogP contribution in [0.5, 0.6) is 0 Å². The van der Waals surface area contributed by atoms with Crippen molar-refractivity contribution in [3.8, 4) is 0 Å². The number of nitrogens with zero attached hydrogens (tertiary/aromatic N) is 2. The largest absolute Gasteiger partial charge is 0.345 e. The molecule has 4 rings (SSSR count). The number of hydrogen-bond acceptors (Lipinski definition) is 3. The second-order valence-corrected chi connectivity index (χ2v) is 6.84. The van der Waals surface area contributed by atoms with E-state index in [1.54, 1.807) is 11.3 Å². The van der Waals surface area contributed by atoms with Gasteiger partial charge in [0.1, 0.15) is 5.84 Å². The van der Waals surface area contributed by atoms with Gasteiger partial charge in [-0.25, -0.2) is 0 Å². The number of nitrogens with one attached hydrogen (secondary N) is 2. The first-order valence-electron chi connectivity index (χ1n) is 7.48. The minimum absolute atomic E-state index is 0.115. The number of fused-ring (bicyclic) bond motifs is 1. The Morgan fingerprint density at radius 3 is 2.82 bits per heavy atom. The van der Waals surface area contributed by atoms with E-state index in [1.165, 1.54) is 10.4 Å². The maximum atomic E-state index is 8.37. The first kappa shape index (κ1) is 13.5. The van der Waals surface area contributed by atoms with Gasteiger partial charge in [-0.3, -0.25) is 15.3 Å². The fourth-order valence-corrected chi connectivity index (χ4v) is 4.36. The maximum Gasteiger partial charge on any atom is 0.197 e. The molecule has 2 atom stereocenters. The van der Waals surface area contributed by atoms with Gasteiger partial charge in [-0.15, -0.1) is 11.3 Å². The van der Waals surface area contributed by atoms with Crippen LogP contribution in [0.4, 0.5) is 0 Å². The lowest BCUT2D eigenvalue weighted by atomic mass is 9.76. The highest BCUT2D eigenvalue weighted by Crippen LogP contribution is 2.43. The van der Waals surface area contributed by atoms with Crippen molar-refractivity contribution in [3.05, 3.63) is 58.3 Å². The first-order chi connectivity index (χ1) is 10.7. The molecule has 0 aliphatic carbocycles. The molecule has 3 heterocycles. The van der Waals surface area contributed by atoms with Gasteiger partial charge in [0.25, 0.3) is 0 Å². The summed E-state index contributed by atoms with van der Waals surface area (Å²) in [5.41, 5.74) is 0.899. The lowest BCUT2D eigenvalue weighted by Gasteiger charge is -2.46. The summed E-state index contributed by atoms with van der Waals surface area (Å²) in [7, 11) is 0. The van der Waals surface area contributed by atoms with Crippen LogP contribution >= 0.6 is 11.3 Å². The molecule has 0 saturated carbocycles. The van der Waals surface area contributed by atoms with Crippen molar-refractivity contribution in [3.63, 3.8) is 0 Å². The molecule has 1 aromatic carbocycles. The number of hydrogen-bond donors (Lipinski definition) is 2. The van der Waals surface area contributed by atoms with Gasteiger partial charge < -0.3 is 5.32 Å². The van der Waals surface area contributed by atoms with Crippen molar-refractivity contribution in [2.45, 2.75) is 18.4 Å². The highest BCUT2D eigenvalue weighted by Gasteiger charge is 2.49. The highest BCUT2D eigenvalue weighted by atomic mass is 32.1. The van der Waals surface area contributed by atoms with Crippen LogP contribution in [0.25, 0.3) is 0 Å². The van der Waals surface area contributed by atoms with Gasteiger partial charge in [-0.2, -0.15) is 0 Å². The molecule has 2 aliphatic rings. The summed E-state index contributed by atoms with van der Waals surface area (Å²) < 4.78 is 0. The number of benzene rings is 1. The average molecular weight is 310 g/mol. The van der Waals surface area contributed by atoms with E-state index in [-0.39, 0.29) is 11.5 Å². The molecule has 2 N–H and O–H groups in total. The van der Waals surface area contributed by atoms with Crippen LogP contribution in [0.2, 0.25) is 0 Å². The van der Waals surface area contributed by atoms with E-state index < -0.39 is 0 Å². The summed E-state index contributed by atoms with van der Waals surface area (Å²) in [6.45, 7) is 3.75. The van der Waals surface area contributed by atoms with Gasteiger partial charge in [0.05, 0.1) is 18.0 Å². The normalized spacial score (nSPS) is 27.3. The Morgan fingerprint density at radius 2 is 2.09 bits per heavy atom. The van der Waals surface area contributed by atoms with Crippen LogP contribution in [0.3, 0.4) is 0 Å². The molecule has 5 heteroatoms. The van der Waals surface area contributed by atoms with E-state index in [0.717, 1.165) is 18.9 Å². The average Bonchev–Trinajstić information content (AvgIpc) is 3.20. The van der Waals surface area contributed by atoms with Gasteiger partial charge >= 0.3 is 0 Å². The first-order valence-corrected chi connectivity index (χ1v) is 8.35. The van der Waals surface area contributed by atoms with E-state index in [2.05, 4.69) is 54.0 Å². The Labute approximate surface area is 134 Å². The Hall–Kier alpha value is -2.14. The van der Waals surface area contributed by atoms with Gasteiger partial charge in [0.15, 0.2) is 5.96 Å². The Morgan fingerprint density at radius 1 is 1.27 bits per heavy atom. The smallest absolute Gasteiger partial charge is 0.197 e. The molecule has 0 unspecified atom stereocenters. The number of amidine groups is 1. The summed E-state index contributed by atoms with van der Waals surface area (Å²) in [5, 5.41) is 13.9. The standard InChI is InChI=1S/C17H18N4S/c1-17(13-8-5-11-22-13)14(12-6-3-2-4-7-12)15-19-9-10-21(15)16(18)20-17/h2-8,11,14H,9-10H2,1H3,(H2,18,20)/t14-,17+/m0/s1. The van der Waals surface area contributed by atoms with Crippen LogP contribution in [-0.4, -0.2) is 29.8 Å². The molecule has 0 bridgehead atoms. The summed E-state index contributed by atoms with van der Waals surface area (Å²) >= 11 is 1.73. The minimum atomic E-state index is -0.341. The molecule has 1 aromatic heterocycles. The van der Waals surface area contributed by atoms with E-state index in [9.17, 15) is 0 Å². The molecule has 4 nitrogen and oxygen atoms in total. The summed E-state index contributed by atoms with van der Waals surface area (Å²) in [4.78, 5) is 7.98. The Kier molecular flexibility index (Phi) is 3.04. The predicted octanol–water partition coefficient (Wildman–Crippen LogP) is 3.00. The molecule has 1 saturated heterocycles. The fourth-order valence-electron chi connectivity index (χ4n) is 3.49. The van der Waals surface area contributed by atoms with Crippen molar-refractivity contribution < 1.29 is 0 Å². The SMILES string of the molecule is C[C@]1(c2cccs2)NC(=N)N2CCN=C2[C@@H]1c1ccccc1. The topological polar surface area (TPSA) is 51.5 Å². The number of guanidine groups is 1. The van der Waals surface area contributed by atoms with Crippen LogP contribution in [0.15, 0.2) is 52.8 Å². The molecule has 1 fully saturated rings. The number of rotatable bonds is 2. The molecule has 0 spiro atoms. The van der Waals surface area contributed by atoms with E-state index in [4.69, 9.17) is 10.4 Å². The third kappa shape index (κ3) is 1.89. The third-order valence-corrected chi connectivity index (χ3v) is 5.63. The quantitative estimate of drug-likeness (QED) is 0.896. The second kappa shape index (κ2) is 4.95. The number of aliphatic imine (C=N–C) groups is 1. The molecule has 0 amide bonds. The zero-order valence-electron chi connectivity index (χ0n) is 12.4. The summed E-state index contributed by atoms with van der Waals surface area (Å²) in [6.07, 6.45) is 0. The molecular formula is C17H18N4S. The van der Waals surface area contributed by atoms with Crippen molar-refractivity contribution in [1.29, 1.82) is 5.41 Å². The van der Waals surface area contributed by atoms with Crippen LogP contribution < -0.4 is 5.32 Å². The molecule has 2 aliphatic heterocycles. The second-order valence-electron chi connectivity index (χ2n) is 5.89. The Bertz CT molecular complexity index is 722. The monoisotopic (exact) mass is 310 g/mol. The molecule has 22 heavy (non-hydrogen) atoms. The van der Waals surface area contributed by atoms with Gasteiger partial charge in [0, 0.05) is 11.4 Å². The lowest BCUT2D eigenvalue weighted by Crippen LogP contribution is -2.62. The van der Waals surface area contributed by atoms with Crippen molar-refractivity contribution >= 4 is 23.1 Å². The van der Waals surface area contributed by atoms with Gasteiger partial charge in [-0.05, 0) is 23.9 Å². The van der Waals surface area contributed by atoms with E-state index in [1.807, 2.05) is 11.0 Å². The van der Waals surface area contributed by atoms with Gasteiger partial charge in [-0.1, -0.05) is 36.4 Å². The molecule has 0 radical (unpaired) electrons. The fraction of sp³-hybridized carbons (Fsp3) is 0.294.